The summed E-state index contributed by atoms with van der Waals surface area (Å²) >= 11 is 0. The van der Waals surface area contributed by atoms with E-state index >= 15 is 0 Å². The Hall–Kier alpha value is -2.57. The van der Waals surface area contributed by atoms with Crippen LogP contribution < -0.4 is 9.47 Å². The molecule has 1 rings (SSSR count). The molecule has 0 spiro atoms. The monoisotopic (exact) mass is 277 g/mol. The molecule has 0 unspecified atom stereocenters. The number of aromatic nitrogens is 1. The first-order chi connectivity index (χ1) is 8.78. The molecule has 0 N–H and O–H groups in total. The number of alkyl halides is 3. The normalized spacial score (nSPS) is 10.7. The van der Waals surface area contributed by atoms with E-state index in [0.717, 1.165) is 7.11 Å². The number of rotatable bonds is 4. The Bertz CT molecular complexity index is 539. The summed E-state index contributed by atoms with van der Waals surface area (Å²) in [5.74, 6) is -1.40. The molecule has 0 aromatic carbocycles. The molecular formula is C9H6F3N3O4. The molecule has 0 saturated carbocycles. The van der Waals surface area contributed by atoms with Crippen molar-refractivity contribution in [1.82, 2.24) is 4.98 Å². The van der Waals surface area contributed by atoms with Gasteiger partial charge in [-0.1, -0.05) is 0 Å². The second kappa shape index (κ2) is 5.38. The Balaban J connectivity index is 3.37. The van der Waals surface area contributed by atoms with Crippen LogP contribution in [0.5, 0.6) is 11.6 Å². The average molecular weight is 277 g/mol. The van der Waals surface area contributed by atoms with Crippen LogP contribution in [-0.4, -0.2) is 23.4 Å². The highest BCUT2D eigenvalue weighted by Gasteiger charge is 2.34. The molecule has 19 heavy (non-hydrogen) atoms. The number of pyridine rings is 1. The number of nitrogens with zero attached hydrogens (tertiary/aromatic N) is 3. The fraction of sp³-hybridized carbons (Fsp3) is 0.333. The smallest absolute Gasteiger partial charge is 0.489 e. The molecule has 10 heteroatoms. The Kier molecular flexibility index (Phi) is 4.11. The predicted octanol–water partition coefficient (Wildman–Crippen LogP) is 1.96. The lowest BCUT2D eigenvalue weighted by molar-refractivity contribution is -0.386. The third-order valence-electron chi connectivity index (χ3n) is 1.87. The van der Waals surface area contributed by atoms with E-state index in [9.17, 15) is 23.3 Å². The number of halogens is 3. The largest absolute Gasteiger partial charge is 0.574 e. The summed E-state index contributed by atoms with van der Waals surface area (Å²) in [6.45, 7) is 0. The Morgan fingerprint density at radius 3 is 2.63 bits per heavy atom. The molecule has 102 valence electrons. The van der Waals surface area contributed by atoms with E-state index in [0.29, 0.717) is 6.07 Å². The van der Waals surface area contributed by atoms with Gasteiger partial charge >= 0.3 is 12.0 Å². The second-order valence-corrected chi connectivity index (χ2v) is 3.10. The standard InChI is InChI=1S/C9H6F3N3O4/c1-18-8-5(2-3-13)14-7(19-9(10,11)12)4-6(8)15(16)17/h4H,2H2,1H3. The van der Waals surface area contributed by atoms with Crippen molar-refractivity contribution in [2.45, 2.75) is 12.8 Å². The van der Waals surface area contributed by atoms with Crippen molar-refractivity contribution in [3.63, 3.8) is 0 Å². The Morgan fingerprint density at radius 1 is 1.58 bits per heavy atom. The minimum atomic E-state index is -5.04. The quantitative estimate of drug-likeness (QED) is 0.616. The number of hydrogen-bond donors (Lipinski definition) is 0. The molecule has 0 bridgehead atoms. The number of hydrogen-bond acceptors (Lipinski definition) is 6. The molecule has 0 radical (unpaired) electrons. The fourth-order valence-corrected chi connectivity index (χ4v) is 1.27. The van der Waals surface area contributed by atoms with E-state index in [1.807, 2.05) is 0 Å². The molecule has 1 aromatic heterocycles. The number of nitro groups is 1. The molecule has 0 aliphatic heterocycles. The molecule has 7 nitrogen and oxygen atoms in total. The van der Waals surface area contributed by atoms with Crippen LogP contribution in [0.3, 0.4) is 0 Å². The van der Waals surface area contributed by atoms with Gasteiger partial charge in [-0.05, 0) is 0 Å². The van der Waals surface area contributed by atoms with Crippen LogP contribution in [0.2, 0.25) is 0 Å². The van der Waals surface area contributed by atoms with Gasteiger partial charge in [-0.15, -0.1) is 13.2 Å². The van der Waals surface area contributed by atoms with Gasteiger partial charge in [0.1, 0.15) is 5.69 Å². The van der Waals surface area contributed by atoms with Crippen molar-refractivity contribution in [3.05, 3.63) is 21.9 Å². The van der Waals surface area contributed by atoms with Gasteiger partial charge in [0.15, 0.2) is 0 Å². The average Bonchev–Trinajstić information content (AvgIpc) is 2.26. The van der Waals surface area contributed by atoms with Gasteiger partial charge in [0, 0.05) is 0 Å². The number of nitriles is 1. The lowest BCUT2D eigenvalue weighted by atomic mass is 10.2. The van der Waals surface area contributed by atoms with Crippen molar-refractivity contribution in [1.29, 1.82) is 5.26 Å². The van der Waals surface area contributed by atoms with E-state index in [1.54, 1.807) is 6.07 Å². The third kappa shape index (κ3) is 3.70. The molecule has 0 aliphatic carbocycles. The van der Waals surface area contributed by atoms with Crippen LogP contribution in [0.4, 0.5) is 18.9 Å². The van der Waals surface area contributed by atoms with Gasteiger partial charge < -0.3 is 9.47 Å². The van der Waals surface area contributed by atoms with Gasteiger partial charge in [-0.3, -0.25) is 10.1 Å². The molecule has 0 fully saturated rings. The van der Waals surface area contributed by atoms with Crippen molar-refractivity contribution in [2.75, 3.05) is 7.11 Å². The highest BCUT2D eigenvalue weighted by Crippen LogP contribution is 2.34. The van der Waals surface area contributed by atoms with Crippen LogP contribution in [-0.2, 0) is 6.42 Å². The summed E-state index contributed by atoms with van der Waals surface area (Å²) in [7, 11) is 1.08. The Labute approximate surface area is 104 Å². The summed E-state index contributed by atoms with van der Waals surface area (Å²) < 4.78 is 44.3. The molecular weight excluding hydrogens is 271 g/mol. The third-order valence-corrected chi connectivity index (χ3v) is 1.87. The van der Waals surface area contributed by atoms with Crippen LogP contribution in [0.15, 0.2) is 6.07 Å². The highest BCUT2D eigenvalue weighted by molar-refractivity contribution is 5.52. The predicted molar refractivity (Wildman–Crippen MR) is 53.4 cm³/mol. The molecule has 1 heterocycles. The van der Waals surface area contributed by atoms with Gasteiger partial charge in [-0.2, -0.15) is 5.26 Å². The maximum Gasteiger partial charge on any atom is 0.574 e. The molecule has 0 amide bonds. The molecule has 0 atom stereocenters. The maximum atomic E-state index is 12.0. The van der Waals surface area contributed by atoms with E-state index in [1.165, 1.54) is 0 Å². The second-order valence-electron chi connectivity index (χ2n) is 3.10. The van der Waals surface area contributed by atoms with E-state index in [4.69, 9.17) is 5.26 Å². The minimum Gasteiger partial charge on any atom is -0.489 e. The van der Waals surface area contributed by atoms with Gasteiger partial charge in [0.25, 0.3) is 0 Å². The Morgan fingerprint density at radius 2 is 2.21 bits per heavy atom. The summed E-state index contributed by atoms with van der Waals surface area (Å²) in [4.78, 5) is 13.1. The molecule has 0 aliphatic rings. The van der Waals surface area contributed by atoms with Crippen LogP contribution in [0.25, 0.3) is 0 Å². The zero-order valence-corrected chi connectivity index (χ0v) is 9.39. The van der Waals surface area contributed by atoms with Gasteiger partial charge in [0.2, 0.25) is 11.6 Å². The summed E-state index contributed by atoms with van der Waals surface area (Å²) in [5.41, 5.74) is -1.07. The topological polar surface area (TPSA) is 98.3 Å². The van der Waals surface area contributed by atoms with Crippen LogP contribution >= 0.6 is 0 Å². The van der Waals surface area contributed by atoms with Crippen molar-refractivity contribution >= 4 is 5.69 Å². The number of ether oxygens (including phenoxy) is 2. The van der Waals surface area contributed by atoms with Crippen LogP contribution in [0.1, 0.15) is 5.69 Å². The molecule has 0 saturated heterocycles. The molecule has 1 aromatic rings. The first-order valence-electron chi connectivity index (χ1n) is 4.63. The fourth-order valence-electron chi connectivity index (χ4n) is 1.27. The van der Waals surface area contributed by atoms with Gasteiger partial charge in [-0.25, -0.2) is 4.98 Å². The van der Waals surface area contributed by atoms with Crippen molar-refractivity contribution in [2.24, 2.45) is 0 Å². The summed E-state index contributed by atoms with van der Waals surface area (Å²) in [6, 6.07) is 2.09. The lowest BCUT2D eigenvalue weighted by Crippen LogP contribution is -2.18. The van der Waals surface area contributed by atoms with Crippen molar-refractivity contribution in [3.8, 4) is 17.7 Å². The summed E-state index contributed by atoms with van der Waals surface area (Å²) in [6.07, 6.45) is -5.50. The first kappa shape index (κ1) is 14.5. The lowest BCUT2D eigenvalue weighted by Gasteiger charge is -2.11. The number of methoxy groups -OCH3 is 1. The van der Waals surface area contributed by atoms with E-state index in [-0.39, 0.29) is 11.4 Å². The zero-order chi connectivity index (χ0) is 14.6. The minimum absolute atomic E-state index is 0.307. The first-order valence-corrected chi connectivity index (χ1v) is 4.63. The van der Waals surface area contributed by atoms with Crippen molar-refractivity contribution < 1.29 is 27.6 Å². The highest BCUT2D eigenvalue weighted by atomic mass is 19.4. The van der Waals surface area contributed by atoms with Gasteiger partial charge in [0.05, 0.1) is 30.6 Å². The van der Waals surface area contributed by atoms with E-state index in [2.05, 4.69) is 14.5 Å². The zero-order valence-electron chi connectivity index (χ0n) is 9.39. The maximum absolute atomic E-state index is 12.0. The van der Waals surface area contributed by atoms with Crippen LogP contribution in [0, 0.1) is 21.4 Å². The van der Waals surface area contributed by atoms with E-state index < -0.39 is 29.3 Å². The SMILES string of the molecule is COc1c([N+](=O)[O-])cc(OC(F)(F)F)nc1CC#N. The summed E-state index contributed by atoms with van der Waals surface area (Å²) in [5, 5.41) is 19.2.